The third kappa shape index (κ3) is 5.42. The minimum atomic E-state index is -0.139. The van der Waals surface area contributed by atoms with Gasteiger partial charge in [-0.05, 0) is 30.7 Å². The predicted molar refractivity (Wildman–Crippen MR) is 86.7 cm³/mol. The summed E-state index contributed by atoms with van der Waals surface area (Å²) in [5, 5.41) is 14.3. The van der Waals surface area contributed by atoms with Gasteiger partial charge in [0.05, 0.1) is 6.54 Å². The number of carbonyl (C=O) groups is 2. The number of carbonyl (C=O) groups excluding carboxylic acids is 2. The normalized spacial score (nSPS) is 17.1. The van der Waals surface area contributed by atoms with Crippen LogP contribution in [0.2, 0.25) is 0 Å². The van der Waals surface area contributed by atoms with E-state index in [9.17, 15) is 14.7 Å². The van der Waals surface area contributed by atoms with Gasteiger partial charge in [-0.25, -0.2) is 0 Å². The van der Waals surface area contributed by atoms with Gasteiger partial charge in [0, 0.05) is 36.9 Å². The van der Waals surface area contributed by atoms with Crippen LogP contribution in [0.4, 0.5) is 0 Å². The fraction of sp³-hybridized carbons (Fsp3) is 0.625. The summed E-state index contributed by atoms with van der Waals surface area (Å²) >= 11 is 1.66. The van der Waals surface area contributed by atoms with Crippen LogP contribution in [-0.2, 0) is 16.0 Å². The Morgan fingerprint density at radius 1 is 1.41 bits per heavy atom. The maximum absolute atomic E-state index is 12.0. The van der Waals surface area contributed by atoms with Crippen molar-refractivity contribution in [1.29, 1.82) is 0 Å². The van der Waals surface area contributed by atoms with E-state index in [0.29, 0.717) is 19.5 Å². The molecule has 1 aromatic heterocycles. The predicted octanol–water partition coefficient (Wildman–Crippen LogP) is 1.42. The molecule has 0 spiro atoms. The molecule has 1 aliphatic rings. The Labute approximate surface area is 135 Å². The van der Waals surface area contributed by atoms with E-state index < -0.39 is 0 Å². The van der Waals surface area contributed by atoms with Crippen LogP contribution in [0.5, 0.6) is 0 Å². The van der Waals surface area contributed by atoms with Crippen LogP contribution in [0.15, 0.2) is 17.5 Å². The Hall–Kier alpha value is -1.40. The molecule has 0 aromatic carbocycles. The molecule has 5 nitrogen and oxygen atoms in total. The van der Waals surface area contributed by atoms with Gasteiger partial charge in [-0.15, -0.1) is 11.3 Å². The maximum Gasteiger partial charge on any atom is 0.239 e. The summed E-state index contributed by atoms with van der Waals surface area (Å²) in [6.07, 6.45) is 4.25. The van der Waals surface area contributed by atoms with Crippen LogP contribution in [0, 0.1) is 5.92 Å². The van der Waals surface area contributed by atoms with Crippen LogP contribution < -0.4 is 5.32 Å². The van der Waals surface area contributed by atoms with E-state index >= 15 is 0 Å². The van der Waals surface area contributed by atoms with Crippen molar-refractivity contribution in [2.24, 2.45) is 5.92 Å². The van der Waals surface area contributed by atoms with E-state index in [2.05, 4.69) is 5.32 Å². The third-order valence-electron chi connectivity index (χ3n) is 3.92. The van der Waals surface area contributed by atoms with Crippen LogP contribution in [0.25, 0.3) is 0 Å². The summed E-state index contributed by atoms with van der Waals surface area (Å²) in [5.41, 5.74) is 0. The van der Waals surface area contributed by atoms with Gasteiger partial charge in [-0.1, -0.05) is 12.5 Å². The summed E-state index contributed by atoms with van der Waals surface area (Å²) in [6.45, 7) is 1.29. The third-order valence-corrected chi connectivity index (χ3v) is 4.82. The van der Waals surface area contributed by atoms with Gasteiger partial charge in [0.1, 0.15) is 0 Å². The van der Waals surface area contributed by atoms with Crippen LogP contribution >= 0.6 is 11.3 Å². The molecule has 1 aliphatic heterocycles. The summed E-state index contributed by atoms with van der Waals surface area (Å²) in [6, 6.07) is 4.02. The first-order chi connectivity index (χ1) is 10.7. The number of aliphatic hydroxyl groups excluding tert-OH is 1. The van der Waals surface area contributed by atoms with E-state index in [1.54, 1.807) is 16.2 Å². The lowest BCUT2D eigenvalue weighted by atomic mass is 10.1. The summed E-state index contributed by atoms with van der Waals surface area (Å²) in [4.78, 5) is 26.7. The minimum absolute atomic E-state index is 0.0161. The number of amides is 2. The van der Waals surface area contributed by atoms with Crippen molar-refractivity contribution in [3.05, 3.63) is 22.4 Å². The lowest BCUT2D eigenvalue weighted by Gasteiger charge is -2.21. The number of hydrogen-bond donors (Lipinski definition) is 2. The van der Waals surface area contributed by atoms with Gasteiger partial charge in [-0.3, -0.25) is 9.59 Å². The molecule has 2 heterocycles. The topological polar surface area (TPSA) is 69.6 Å². The minimum Gasteiger partial charge on any atom is -0.396 e. The highest BCUT2D eigenvalue weighted by Crippen LogP contribution is 2.14. The molecule has 0 unspecified atom stereocenters. The van der Waals surface area contributed by atoms with E-state index in [0.717, 1.165) is 25.7 Å². The largest absolute Gasteiger partial charge is 0.396 e. The fourth-order valence-electron chi connectivity index (χ4n) is 2.61. The molecular formula is C16H24N2O3S. The number of rotatable bonds is 7. The lowest BCUT2D eigenvalue weighted by molar-refractivity contribution is -0.135. The molecule has 0 aliphatic carbocycles. The van der Waals surface area contributed by atoms with Gasteiger partial charge in [0.15, 0.2) is 0 Å². The molecule has 1 saturated heterocycles. The van der Waals surface area contributed by atoms with Crippen LogP contribution in [0.1, 0.15) is 30.6 Å². The second kappa shape index (κ2) is 8.90. The first kappa shape index (κ1) is 17.0. The second-order valence-electron chi connectivity index (χ2n) is 5.76. The Bertz CT molecular complexity index is 476. The van der Waals surface area contributed by atoms with Crippen molar-refractivity contribution in [2.75, 3.05) is 26.2 Å². The molecule has 122 valence electrons. The molecule has 1 atom stereocenters. The Kier molecular flexibility index (Phi) is 6.86. The highest BCUT2D eigenvalue weighted by Gasteiger charge is 2.19. The molecule has 2 rings (SSSR count). The second-order valence-corrected chi connectivity index (χ2v) is 6.79. The number of hydrogen-bond acceptors (Lipinski definition) is 4. The molecule has 1 fully saturated rings. The molecule has 2 amide bonds. The van der Waals surface area contributed by atoms with Gasteiger partial charge >= 0.3 is 0 Å². The number of nitrogens with one attached hydrogen (secondary N) is 1. The SMILES string of the molecule is O=C(CN1CCCCCC1=O)NC[C@@H](CO)Cc1cccs1. The highest BCUT2D eigenvalue weighted by molar-refractivity contribution is 7.09. The van der Waals surface area contributed by atoms with Crippen molar-refractivity contribution in [3.8, 4) is 0 Å². The smallest absolute Gasteiger partial charge is 0.239 e. The number of likely N-dealkylation sites (tertiary alicyclic amines) is 1. The van der Waals surface area contributed by atoms with Crippen molar-refractivity contribution >= 4 is 23.2 Å². The average molecular weight is 324 g/mol. The molecular weight excluding hydrogens is 300 g/mol. The van der Waals surface area contributed by atoms with E-state index in [-0.39, 0.29) is 30.9 Å². The van der Waals surface area contributed by atoms with Crippen molar-refractivity contribution in [1.82, 2.24) is 10.2 Å². The zero-order chi connectivity index (χ0) is 15.8. The van der Waals surface area contributed by atoms with Crippen molar-refractivity contribution in [2.45, 2.75) is 32.1 Å². The van der Waals surface area contributed by atoms with Gasteiger partial charge < -0.3 is 15.3 Å². The quantitative estimate of drug-likeness (QED) is 0.797. The first-order valence-corrected chi connectivity index (χ1v) is 8.74. The molecule has 0 radical (unpaired) electrons. The first-order valence-electron chi connectivity index (χ1n) is 7.86. The fourth-order valence-corrected chi connectivity index (χ4v) is 3.43. The Morgan fingerprint density at radius 2 is 2.27 bits per heavy atom. The number of aliphatic hydroxyl groups is 1. The van der Waals surface area contributed by atoms with Gasteiger partial charge in [0.2, 0.25) is 11.8 Å². The molecule has 2 N–H and O–H groups in total. The van der Waals surface area contributed by atoms with Crippen molar-refractivity contribution in [3.63, 3.8) is 0 Å². The lowest BCUT2D eigenvalue weighted by Crippen LogP contribution is -2.42. The van der Waals surface area contributed by atoms with E-state index in [1.165, 1.54) is 4.88 Å². The van der Waals surface area contributed by atoms with Crippen LogP contribution in [0.3, 0.4) is 0 Å². The molecule has 0 saturated carbocycles. The van der Waals surface area contributed by atoms with Gasteiger partial charge in [-0.2, -0.15) is 0 Å². The number of thiophene rings is 1. The molecule has 6 heteroatoms. The number of nitrogens with zero attached hydrogens (tertiary/aromatic N) is 1. The Morgan fingerprint density at radius 3 is 3.00 bits per heavy atom. The molecule has 0 bridgehead atoms. The highest BCUT2D eigenvalue weighted by atomic mass is 32.1. The van der Waals surface area contributed by atoms with Gasteiger partial charge in [0.25, 0.3) is 0 Å². The van der Waals surface area contributed by atoms with Crippen LogP contribution in [-0.4, -0.2) is 48.1 Å². The maximum atomic E-state index is 12.0. The average Bonchev–Trinajstić information content (AvgIpc) is 2.94. The summed E-state index contributed by atoms with van der Waals surface area (Å²) in [7, 11) is 0. The van der Waals surface area contributed by atoms with E-state index in [1.807, 2.05) is 17.5 Å². The monoisotopic (exact) mass is 324 g/mol. The summed E-state index contributed by atoms with van der Waals surface area (Å²) < 4.78 is 0. The zero-order valence-electron chi connectivity index (χ0n) is 12.8. The molecule has 1 aromatic rings. The zero-order valence-corrected chi connectivity index (χ0v) is 13.6. The standard InChI is InChI=1S/C16H24N2O3S/c19-12-13(9-14-5-4-8-22-14)10-17-15(20)11-18-7-3-1-2-6-16(18)21/h4-5,8,13,19H,1-3,6-7,9-12H2,(H,17,20)/t13-/m0/s1. The summed E-state index contributed by atoms with van der Waals surface area (Å²) in [5.74, 6) is -0.0488. The van der Waals surface area contributed by atoms with Crippen molar-refractivity contribution < 1.29 is 14.7 Å². The molecule has 22 heavy (non-hydrogen) atoms. The van der Waals surface area contributed by atoms with E-state index in [4.69, 9.17) is 0 Å². The Balaban J connectivity index is 1.74.